The summed E-state index contributed by atoms with van der Waals surface area (Å²) in [5.74, 6) is -0.0503. The molecule has 140 valence electrons. The fourth-order valence-electron chi connectivity index (χ4n) is 4.00. The molecule has 1 atom stereocenters. The zero-order chi connectivity index (χ0) is 18.0. The van der Waals surface area contributed by atoms with Gasteiger partial charge in [-0.15, -0.1) is 0 Å². The topological polar surface area (TPSA) is 79.5 Å². The first-order valence-electron chi connectivity index (χ1n) is 9.31. The van der Waals surface area contributed by atoms with Gasteiger partial charge in [0.15, 0.2) is 0 Å². The van der Waals surface area contributed by atoms with Crippen molar-refractivity contribution in [2.24, 2.45) is 0 Å². The lowest BCUT2D eigenvalue weighted by atomic mass is 9.89. The van der Waals surface area contributed by atoms with Crippen LogP contribution in [-0.2, 0) is 9.47 Å². The molecule has 2 N–H and O–H groups in total. The summed E-state index contributed by atoms with van der Waals surface area (Å²) >= 11 is 0. The molecule has 2 saturated heterocycles. The molecule has 2 aliphatic rings. The van der Waals surface area contributed by atoms with Crippen LogP contribution < -0.4 is 5.32 Å². The molecule has 1 amide bonds. The molecule has 7 heteroatoms. The number of aromatic nitrogens is 2. The second-order valence-electron chi connectivity index (χ2n) is 7.24. The van der Waals surface area contributed by atoms with E-state index in [0.29, 0.717) is 18.7 Å². The fraction of sp³-hybridized carbons (Fsp3) is 0.579. The number of nitrogens with one attached hydrogen (secondary N) is 2. The average molecular weight is 358 g/mol. The second kappa shape index (κ2) is 7.34. The maximum Gasteiger partial charge on any atom is 0.251 e. The van der Waals surface area contributed by atoms with Crippen LogP contribution >= 0.6 is 0 Å². The molecule has 0 aliphatic carbocycles. The molecular weight excluding hydrogens is 332 g/mol. The minimum atomic E-state index is -0.132. The molecule has 1 aromatic carbocycles. The number of hydrogen-bond acceptors (Lipinski definition) is 5. The lowest BCUT2D eigenvalue weighted by Gasteiger charge is -2.47. The molecule has 2 aromatic rings. The van der Waals surface area contributed by atoms with Gasteiger partial charge in [0.2, 0.25) is 0 Å². The van der Waals surface area contributed by atoms with E-state index in [0.717, 1.165) is 62.3 Å². The average Bonchev–Trinajstić information content (AvgIpc) is 3.08. The van der Waals surface area contributed by atoms with Gasteiger partial charge >= 0.3 is 0 Å². The molecule has 0 radical (unpaired) electrons. The number of rotatable bonds is 4. The third-order valence-electron chi connectivity index (χ3n) is 5.57. The Kier molecular flexibility index (Phi) is 4.93. The first-order valence-corrected chi connectivity index (χ1v) is 9.31. The highest BCUT2D eigenvalue weighted by molar-refractivity contribution is 5.98. The molecule has 26 heavy (non-hydrogen) atoms. The molecule has 2 aliphatic heterocycles. The largest absolute Gasteiger partial charge is 0.379 e. The number of amides is 1. The molecular formula is C19H26N4O3. The first kappa shape index (κ1) is 17.5. The van der Waals surface area contributed by atoms with Crippen LogP contribution in [0, 0.1) is 6.92 Å². The molecule has 0 spiro atoms. The Labute approximate surface area is 153 Å². The van der Waals surface area contributed by atoms with E-state index in [2.05, 4.69) is 20.4 Å². The summed E-state index contributed by atoms with van der Waals surface area (Å²) < 4.78 is 11.3. The van der Waals surface area contributed by atoms with Gasteiger partial charge in [0.1, 0.15) is 0 Å². The maximum absolute atomic E-state index is 12.8. The number of fused-ring (bicyclic) bond motifs is 1. The predicted molar refractivity (Wildman–Crippen MR) is 98.3 cm³/mol. The Morgan fingerprint density at radius 1 is 1.31 bits per heavy atom. The van der Waals surface area contributed by atoms with E-state index < -0.39 is 0 Å². The lowest BCUT2D eigenvalue weighted by Crippen LogP contribution is -2.62. The van der Waals surface area contributed by atoms with Gasteiger partial charge in [-0.2, -0.15) is 5.10 Å². The van der Waals surface area contributed by atoms with Crippen molar-refractivity contribution in [3.63, 3.8) is 0 Å². The standard InChI is InChI=1S/C19H26N4O3/c1-14-16-11-15(3-4-17(16)22-21-14)18(24)20-12-19(5-2-8-26-13-19)23-6-9-25-10-7-23/h3-4,11H,2,5-10,12-13H2,1H3,(H,20,24)(H,21,22). The van der Waals surface area contributed by atoms with Gasteiger partial charge in [-0.3, -0.25) is 14.8 Å². The van der Waals surface area contributed by atoms with Crippen LogP contribution in [-0.4, -0.2) is 72.6 Å². The van der Waals surface area contributed by atoms with Crippen LogP contribution in [0.1, 0.15) is 28.9 Å². The maximum atomic E-state index is 12.8. The Morgan fingerprint density at radius 2 is 2.15 bits per heavy atom. The minimum absolute atomic E-state index is 0.0503. The van der Waals surface area contributed by atoms with Crippen molar-refractivity contribution in [3.05, 3.63) is 29.5 Å². The Hall–Kier alpha value is -1.96. The van der Waals surface area contributed by atoms with Gasteiger partial charge in [-0.25, -0.2) is 0 Å². The number of ether oxygens (including phenoxy) is 2. The summed E-state index contributed by atoms with van der Waals surface area (Å²) in [5.41, 5.74) is 2.38. The normalized spacial score (nSPS) is 24.7. The highest BCUT2D eigenvalue weighted by atomic mass is 16.5. The molecule has 7 nitrogen and oxygen atoms in total. The van der Waals surface area contributed by atoms with E-state index in [1.807, 2.05) is 25.1 Å². The smallest absolute Gasteiger partial charge is 0.251 e. The van der Waals surface area contributed by atoms with Gasteiger partial charge in [0.05, 0.1) is 30.9 Å². The number of H-pyrrole nitrogens is 1. The van der Waals surface area contributed by atoms with Crippen LogP contribution in [0.3, 0.4) is 0 Å². The third-order valence-corrected chi connectivity index (χ3v) is 5.57. The van der Waals surface area contributed by atoms with E-state index in [4.69, 9.17) is 9.47 Å². The van der Waals surface area contributed by atoms with E-state index in [1.54, 1.807) is 0 Å². The van der Waals surface area contributed by atoms with E-state index in [9.17, 15) is 4.79 Å². The number of aromatic amines is 1. The number of benzene rings is 1. The van der Waals surface area contributed by atoms with Crippen LogP contribution in [0.2, 0.25) is 0 Å². The Balaban J connectivity index is 1.48. The molecule has 3 heterocycles. The van der Waals surface area contributed by atoms with Crippen molar-refractivity contribution < 1.29 is 14.3 Å². The van der Waals surface area contributed by atoms with Gasteiger partial charge < -0.3 is 14.8 Å². The van der Waals surface area contributed by atoms with Crippen molar-refractivity contribution >= 4 is 16.8 Å². The lowest BCUT2D eigenvalue weighted by molar-refractivity contribution is -0.0840. The van der Waals surface area contributed by atoms with Crippen molar-refractivity contribution in [3.8, 4) is 0 Å². The van der Waals surface area contributed by atoms with Crippen LogP contribution in [0.25, 0.3) is 10.9 Å². The second-order valence-corrected chi connectivity index (χ2v) is 7.24. The Bertz CT molecular complexity index is 776. The van der Waals surface area contributed by atoms with Crippen LogP contribution in [0.5, 0.6) is 0 Å². The number of nitrogens with zero attached hydrogens (tertiary/aromatic N) is 2. The summed E-state index contributed by atoms with van der Waals surface area (Å²) in [6.45, 7) is 7.28. The number of aryl methyl sites for hydroxylation is 1. The summed E-state index contributed by atoms with van der Waals surface area (Å²) in [5, 5.41) is 11.3. The third kappa shape index (κ3) is 3.34. The number of carbonyl (C=O) groups excluding carboxylic acids is 1. The summed E-state index contributed by atoms with van der Waals surface area (Å²) in [4.78, 5) is 15.2. The van der Waals surface area contributed by atoms with Gasteiger partial charge in [0.25, 0.3) is 5.91 Å². The van der Waals surface area contributed by atoms with Gasteiger partial charge in [0, 0.05) is 42.9 Å². The van der Waals surface area contributed by atoms with Crippen molar-refractivity contribution in [2.45, 2.75) is 25.3 Å². The van der Waals surface area contributed by atoms with E-state index >= 15 is 0 Å². The molecule has 0 saturated carbocycles. The summed E-state index contributed by atoms with van der Waals surface area (Å²) in [7, 11) is 0. The first-order chi connectivity index (χ1) is 12.7. The van der Waals surface area contributed by atoms with E-state index in [1.165, 1.54) is 0 Å². The van der Waals surface area contributed by atoms with Gasteiger partial charge in [-0.1, -0.05) is 0 Å². The SMILES string of the molecule is Cc1[nH]nc2ccc(C(=O)NCC3(N4CCOCC4)CCCOC3)cc12. The highest BCUT2D eigenvalue weighted by Gasteiger charge is 2.39. The predicted octanol–water partition coefficient (Wildman–Crippen LogP) is 1.48. The Morgan fingerprint density at radius 3 is 2.92 bits per heavy atom. The monoisotopic (exact) mass is 358 g/mol. The quantitative estimate of drug-likeness (QED) is 0.866. The molecule has 4 rings (SSSR count). The fourth-order valence-corrected chi connectivity index (χ4v) is 4.00. The zero-order valence-electron chi connectivity index (χ0n) is 15.2. The zero-order valence-corrected chi connectivity index (χ0v) is 15.2. The number of carbonyl (C=O) groups is 1. The number of hydrogen-bond donors (Lipinski definition) is 2. The highest BCUT2D eigenvalue weighted by Crippen LogP contribution is 2.27. The molecule has 1 unspecified atom stereocenters. The van der Waals surface area contributed by atoms with Crippen molar-refractivity contribution in [2.75, 3.05) is 46.1 Å². The van der Waals surface area contributed by atoms with Crippen molar-refractivity contribution in [1.29, 1.82) is 0 Å². The van der Waals surface area contributed by atoms with Crippen LogP contribution in [0.15, 0.2) is 18.2 Å². The molecule has 1 aromatic heterocycles. The minimum Gasteiger partial charge on any atom is -0.379 e. The van der Waals surface area contributed by atoms with Crippen molar-refractivity contribution in [1.82, 2.24) is 20.4 Å². The van der Waals surface area contributed by atoms with E-state index in [-0.39, 0.29) is 11.4 Å². The van der Waals surface area contributed by atoms with Gasteiger partial charge in [-0.05, 0) is 38.0 Å². The molecule has 0 bridgehead atoms. The number of morpholine rings is 1. The molecule has 2 fully saturated rings. The van der Waals surface area contributed by atoms with Crippen LogP contribution in [0.4, 0.5) is 0 Å². The summed E-state index contributed by atoms with van der Waals surface area (Å²) in [6.07, 6.45) is 2.06. The summed E-state index contributed by atoms with van der Waals surface area (Å²) in [6, 6.07) is 5.62.